The van der Waals surface area contributed by atoms with Crippen LogP contribution >= 0.6 is 0 Å². The van der Waals surface area contributed by atoms with Crippen LogP contribution in [0.3, 0.4) is 0 Å². The van der Waals surface area contributed by atoms with Gasteiger partial charge in [-0.3, -0.25) is 0 Å². The van der Waals surface area contributed by atoms with Crippen LogP contribution in [-0.4, -0.2) is 27.6 Å². The van der Waals surface area contributed by atoms with Gasteiger partial charge in [0.25, 0.3) is 0 Å². The standard InChI is InChI=1S/C34H26N2O2/c1-25-13-11-16-27-23-35(29-18-7-3-8-19-29)34(37-32(25)27)36(30-20-9-4-10-21-30)24-28-17-12-22-31(33(28)38-34)26-14-5-2-6-15-26/h2-24H,1H3/q+2/t34-/m1/s1. The van der Waals surface area contributed by atoms with Crippen LogP contribution < -0.4 is 9.47 Å². The van der Waals surface area contributed by atoms with Crippen LogP contribution in [0.5, 0.6) is 11.5 Å². The number of nitrogens with zero attached hydrogens (tertiary/aromatic N) is 2. The minimum absolute atomic E-state index is 0.775. The molecule has 182 valence electrons. The zero-order valence-electron chi connectivity index (χ0n) is 21.0. The molecule has 0 fully saturated rings. The second kappa shape index (κ2) is 8.86. The molecule has 0 N–H and O–H groups in total. The molecule has 0 aromatic heterocycles. The maximum atomic E-state index is 7.16. The van der Waals surface area contributed by atoms with Crippen molar-refractivity contribution in [2.24, 2.45) is 0 Å². The molecule has 0 aliphatic carbocycles. The van der Waals surface area contributed by atoms with E-state index in [4.69, 9.17) is 9.47 Å². The molecule has 0 unspecified atom stereocenters. The van der Waals surface area contributed by atoms with E-state index in [0.717, 1.165) is 50.7 Å². The van der Waals surface area contributed by atoms with Gasteiger partial charge in [0.05, 0.1) is 11.1 Å². The van der Waals surface area contributed by atoms with Gasteiger partial charge in [0.2, 0.25) is 11.4 Å². The molecule has 1 atom stereocenters. The van der Waals surface area contributed by atoms with Gasteiger partial charge < -0.3 is 9.47 Å². The van der Waals surface area contributed by atoms with Crippen molar-refractivity contribution in [3.05, 3.63) is 144 Å². The highest BCUT2D eigenvalue weighted by molar-refractivity contribution is 5.88. The molecule has 4 heteroatoms. The first-order chi connectivity index (χ1) is 18.7. The molecule has 4 nitrogen and oxygen atoms in total. The Morgan fingerprint density at radius 2 is 1.00 bits per heavy atom. The maximum absolute atomic E-state index is 7.16. The predicted molar refractivity (Wildman–Crippen MR) is 150 cm³/mol. The molecule has 7 rings (SSSR count). The summed E-state index contributed by atoms with van der Waals surface area (Å²) < 4.78 is 18.4. The van der Waals surface area contributed by atoms with Crippen molar-refractivity contribution in [2.45, 2.75) is 13.0 Å². The molecule has 0 saturated carbocycles. The van der Waals surface area contributed by atoms with Crippen LogP contribution in [0.25, 0.3) is 11.1 Å². The van der Waals surface area contributed by atoms with Gasteiger partial charge >= 0.3 is 6.03 Å². The Labute approximate surface area is 222 Å². The van der Waals surface area contributed by atoms with E-state index >= 15 is 0 Å². The Morgan fingerprint density at radius 3 is 1.61 bits per heavy atom. The normalized spacial score (nSPS) is 17.4. The minimum Gasteiger partial charge on any atom is -0.340 e. The molecule has 1 spiro atoms. The number of hydrogen-bond donors (Lipinski definition) is 0. The van der Waals surface area contributed by atoms with E-state index in [9.17, 15) is 0 Å². The van der Waals surface area contributed by atoms with Gasteiger partial charge in [0.15, 0.2) is 23.9 Å². The van der Waals surface area contributed by atoms with E-state index in [1.807, 2.05) is 54.6 Å². The Kier molecular flexibility index (Phi) is 5.19. The first kappa shape index (κ1) is 22.3. The fourth-order valence-corrected chi connectivity index (χ4v) is 5.23. The molecule has 2 heterocycles. The topological polar surface area (TPSA) is 24.5 Å². The summed E-state index contributed by atoms with van der Waals surface area (Å²) in [6.45, 7) is 2.07. The molecule has 2 aliphatic rings. The first-order valence-electron chi connectivity index (χ1n) is 12.8. The summed E-state index contributed by atoms with van der Waals surface area (Å²) in [5, 5.41) is 0. The van der Waals surface area contributed by atoms with Crippen LogP contribution in [0.2, 0.25) is 0 Å². The van der Waals surface area contributed by atoms with Crippen molar-refractivity contribution in [3.8, 4) is 22.6 Å². The van der Waals surface area contributed by atoms with Crippen molar-refractivity contribution in [1.82, 2.24) is 0 Å². The van der Waals surface area contributed by atoms with Crippen LogP contribution in [-0.2, 0) is 0 Å². The summed E-state index contributed by atoms with van der Waals surface area (Å²) >= 11 is 0. The number of fused-ring (bicyclic) bond motifs is 2. The van der Waals surface area contributed by atoms with Crippen LogP contribution in [0, 0.1) is 6.92 Å². The van der Waals surface area contributed by atoms with Gasteiger partial charge in [0, 0.05) is 29.8 Å². The zero-order chi connectivity index (χ0) is 25.5. The molecule has 5 aromatic rings. The fourth-order valence-electron chi connectivity index (χ4n) is 5.23. The van der Waals surface area contributed by atoms with Crippen molar-refractivity contribution >= 4 is 23.8 Å². The van der Waals surface area contributed by atoms with E-state index in [1.165, 1.54) is 0 Å². The average molecular weight is 495 g/mol. The molecule has 0 radical (unpaired) electrons. The molecular formula is C34H26N2O2+2. The Morgan fingerprint density at radius 1 is 0.500 bits per heavy atom. The fraction of sp³-hybridized carbons (Fsp3) is 0.0588. The predicted octanol–water partition coefficient (Wildman–Crippen LogP) is 7.28. The van der Waals surface area contributed by atoms with Gasteiger partial charge in [-0.2, -0.15) is 0 Å². The van der Waals surface area contributed by atoms with Gasteiger partial charge in [-0.05, 0) is 30.2 Å². The van der Waals surface area contributed by atoms with Crippen molar-refractivity contribution in [2.75, 3.05) is 0 Å². The highest BCUT2D eigenvalue weighted by atomic mass is 16.7. The Hall–Kier alpha value is -4.96. The Bertz CT molecular complexity index is 1710. The highest BCUT2D eigenvalue weighted by Gasteiger charge is 2.66. The lowest BCUT2D eigenvalue weighted by atomic mass is 10.0. The van der Waals surface area contributed by atoms with Crippen LogP contribution in [0.1, 0.15) is 16.7 Å². The second-order valence-electron chi connectivity index (χ2n) is 9.51. The number of ether oxygens (including phenoxy) is 2. The number of para-hydroxylation sites is 4. The summed E-state index contributed by atoms with van der Waals surface area (Å²) in [5.74, 6) is 1.58. The maximum Gasteiger partial charge on any atom is 0.714 e. The third-order valence-corrected chi connectivity index (χ3v) is 7.06. The number of aryl methyl sites for hydroxylation is 1. The van der Waals surface area contributed by atoms with Gasteiger partial charge in [-0.25, -0.2) is 0 Å². The summed E-state index contributed by atoms with van der Waals surface area (Å²) in [7, 11) is 0. The quantitative estimate of drug-likeness (QED) is 0.246. The summed E-state index contributed by atoms with van der Waals surface area (Å²) in [6.07, 6.45) is 4.26. The molecule has 0 amide bonds. The van der Waals surface area contributed by atoms with E-state index in [-0.39, 0.29) is 0 Å². The number of hydrogen-bond acceptors (Lipinski definition) is 2. The lowest BCUT2D eigenvalue weighted by molar-refractivity contribution is -0.855. The molecule has 0 bridgehead atoms. The summed E-state index contributed by atoms with van der Waals surface area (Å²) in [5.41, 5.74) is 7.03. The molecular weight excluding hydrogens is 468 g/mol. The number of benzene rings is 5. The Balaban J connectivity index is 1.55. The molecule has 0 saturated heterocycles. The van der Waals surface area contributed by atoms with Crippen LogP contribution in [0.15, 0.2) is 127 Å². The summed E-state index contributed by atoms with van der Waals surface area (Å²) in [4.78, 5) is 0. The first-order valence-corrected chi connectivity index (χ1v) is 12.8. The van der Waals surface area contributed by atoms with Crippen molar-refractivity contribution in [3.63, 3.8) is 0 Å². The van der Waals surface area contributed by atoms with Crippen molar-refractivity contribution in [1.29, 1.82) is 0 Å². The zero-order valence-corrected chi connectivity index (χ0v) is 21.0. The van der Waals surface area contributed by atoms with E-state index in [1.54, 1.807) is 0 Å². The lowest BCUT2D eigenvalue weighted by Gasteiger charge is -2.32. The van der Waals surface area contributed by atoms with E-state index in [2.05, 4.69) is 101 Å². The molecule has 38 heavy (non-hydrogen) atoms. The summed E-state index contributed by atoms with van der Waals surface area (Å²) in [6, 6.07) is 41.9. The van der Waals surface area contributed by atoms with E-state index in [0.29, 0.717) is 0 Å². The third kappa shape index (κ3) is 3.53. The van der Waals surface area contributed by atoms with Gasteiger partial charge in [-0.15, -0.1) is 0 Å². The largest absolute Gasteiger partial charge is 0.714 e. The SMILES string of the molecule is Cc1cccc2c1O[C@@]1(Oc3c(cccc3-c3ccccc3)C=[N+]1c1ccccc1)[N+](c1ccccc1)=C2. The number of rotatable bonds is 3. The smallest absolute Gasteiger partial charge is 0.340 e. The molecule has 5 aromatic carbocycles. The average Bonchev–Trinajstić information content (AvgIpc) is 2.98. The van der Waals surface area contributed by atoms with Crippen molar-refractivity contribution < 1.29 is 18.6 Å². The van der Waals surface area contributed by atoms with Gasteiger partial charge in [-0.1, -0.05) is 100 Å². The van der Waals surface area contributed by atoms with Crippen LogP contribution in [0.4, 0.5) is 11.4 Å². The second-order valence-corrected chi connectivity index (χ2v) is 9.51. The lowest BCUT2D eigenvalue weighted by Crippen LogP contribution is -2.62. The minimum atomic E-state index is -1.35. The highest BCUT2D eigenvalue weighted by Crippen LogP contribution is 2.44. The van der Waals surface area contributed by atoms with E-state index < -0.39 is 6.03 Å². The third-order valence-electron chi connectivity index (χ3n) is 7.06. The monoisotopic (exact) mass is 494 g/mol. The molecule has 2 aliphatic heterocycles. The van der Waals surface area contributed by atoms with Gasteiger partial charge in [0.1, 0.15) is 0 Å².